The third-order valence-corrected chi connectivity index (χ3v) is 4.99. The van der Waals surface area contributed by atoms with Crippen molar-refractivity contribution in [2.45, 2.75) is 32.7 Å². The molecule has 0 spiro atoms. The average molecular weight is 398 g/mol. The van der Waals surface area contributed by atoms with Gasteiger partial charge < -0.3 is 23.9 Å². The summed E-state index contributed by atoms with van der Waals surface area (Å²) in [5.41, 5.74) is 1.83. The van der Waals surface area contributed by atoms with Crippen LogP contribution in [0, 0.1) is 6.92 Å². The topological polar surface area (TPSA) is 111 Å². The smallest absolute Gasteiger partial charge is 0.409 e. The summed E-state index contributed by atoms with van der Waals surface area (Å²) >= 11 is 0. The van der Waals surface area contributed by atoms with Crippen LogP contribution in [0.25, 0.3) is 22.6 Å². The maximum atomic E-state index is 13.1. The van der Waals surface area contributed by atoms with Gasteiger partial charge in [-0.25, -0.2) is 9.78 Å². The number of aryl methyl sites for hydroxylation is 1. The summed E-state index contributed by atoms with van der Waals surface area (Å²) in [7, 11) is 0. The summed E-state index contributed by atoms with van der Waals surface area (Å²) in [5.74, 6) is 0.309. The van der Waals surface area contributed by atoms with E-state index in [0.717, 1.165) is 0 Å². The standard InChI is InChI=1S/C20H22N4O5/c1-3-27-20(26)24-8-6-13(7-9-24)21-18(25)14-11-15(16-5-4-10-28-16)22-19-17(14)12(2)23-29-19/h4-5,10-11,13H,3,6-9H2,1-2H3,(H,21,25). The molecule has 0 atom stereocenters. The fraction of sp³-hybridized carbons (Fsp3) is 0.400. The lowest BCUT2D eigenvalue weighted by molar-refractivity contribution is 0.0861. The van der Waals surface area contributed by atoms with Crippen molar-refractivity contribution >= 4 is 23.1 Å². The summed E-state index contributed by atoms with van der Waals surface area (Å²) in [4.78, 5) is 31.0. The van der Waals surface area contributed by atoms with Gasteiger partial charge in [0.05, 0.1) is 29.5 Å². The van der Waals surface area contributed by atoms with E-state index in [-0.39, 0.29) is 18.0 Å². The minimum atomic E-state index is -0.309. The van der Waals surface area contributed by atoms with Gasteiger partial charge in [0.15, 0.2) is 5.76 Å². The minimum Gasteiger partial charge on any atom is -0.463 e. The Labute approximate surface area is 167 Å². The molecule has 4 heterocycles. The highest BCUT2D eigenvalue weighted by molar-refractivity contribution is 6.07. The van der Waals surface area contributed by atoms with Crippen LogP contribution in [-0.2, 0) is 4.74 Å². The van der Waals surface area contributed by atoms with Crippen molar-refractivity contribution in [2.24, 2.45) is 0 Å². The van der Waals surface area contributed by atoms with Crippen LogP contribution in [0.15, 0.2) is 33.4 Å². The Morgan fingerprint density at radius 3 is 2.83 bits per heavy atom. The molecule has 1 fully saturated rings. The van der Waals surface area contributed by atoms with Gasteiger partial charge in [-0.05, 0) is 44.9 Å². The van der Waals surface area contributed by atoms with Gasteiger partial charge in [0, 0.05) is 19.1 Å². The van der Waals surface area contributed by atoms with E-state index in [4.69, 9.17) is 13.7 Å². The first-order valence-corrected chi connectivity index (χ1v) is 9.60. The molecule has 3 aromatic rings. The Morgan fingerprint density at radius 2 is 2.14 bits per heavy atom. The van der Waals surface area contributed by atoms with E-state index < -0.39 is 0 Å². The van der Waals surface area contributed by atoms with Crippen LogP contribution in [0.2, 0.25) is 0 Å². The molecule has 152 valence electrons. The van der Waals surface area contributed by atoms with Crippen LogP contribution < -0.4 is 5.32 Å². The van der Waals surface area contributed by atoms with Crippen LogP contribution in [0.4, 0.5) is 4.79 Å². The molecule has 1 aliphatic heterocycles. The van der Waals surface area contributed by atoms with Crippen molar-refractivity contribution < 1.29 is 23.3 Å². The minimum absolute atomic E-state index is 0.0383. The summed E-state index contributed by atoms with van der Waals surface area (Å²) in [6.07, 6.45) is 2.55. The molecule has 0 saturated carbocycles. The molecular formula is C20H22N4O5. The maximum Gasteiger partial charge on any atom is 0.409 e. The molecule has 1 aliphatic rings. The van der Waals surface area contributed by atoms with Crippen molar-refractivity contribution in [3.8, 4) is 11.5 Å². The number of carbonyl (C=O) groups is 2. The lowest BCUT2D eigenvalue weighted by atomic mass is 10.0. The van der Waals surface area contributed by atoms with Crippen LogP contribution in [0.5, 0.6) is 0 Å². The van der Waals surface area contributed by atoms with Gasteiger partial charge in [-0.1, -0.05) is 5.16 Å². The number of furan rings is 1. The molecule has 0 aromatic carbocycles. The molecule has 29 heavy (non-hydrogen) atoms. The molecule has 1 saturated heterocycles. The van der Waals surface area contributed by atoms with E-state index in [1.807, 2.05) is 0 Å². The van der Waals surface area contributed by atoms with Gasteiger partial charge >= 0.3 is 6.09 Å². The predicted molar refractivity (Wildman–Crippen MR) is 103 cm³/mol. The van der Waals surface area contributed by atoms with Crippen molar-refractivity contribution in [2.75, 3.05) is 19.7 Å². The number of hydrogen-bond acceptors (Lipinski definition) is 7. The first kappa shape index (κ1) is 19.0. The third kappa shape index (κ3) is 3.80. The molecular weight excluding hydrogens is 376 g/mol. The summed E-state index contributed by atoms with van der Waals surface area (Å²) in [6, 6.07) is 5.17. The fourth-order valence-electron chi connectivity index (χ4n) is 3.51. The van der Waals surface area contributed by atoms with Crippen molar-refractivity contribution in [1.82, 2.24) is 20.4 Å². The molecule has 0 radical (unpaired) electrons. The molecule has 0 aliphatic carbocycles. The number of carbonyl (C=O) groups excluding carboxylic acids is 2. The predicted octanol–water partition coefficient (Wildman–Crippen LogP) is 3.14. The zero-order valence-electron chi connectivity index (χ0n) is 16.3. The van der Waals surface area contributed by atoms with Crippen molar-refractivity contribution in [3.05, 3.63) is 35.7 Å². The normalized spacial score (nSPS) is 14.9. The highest BCUT2D eigenvalue weighted by Crippen LogP contribution is 2.27. The van der Waals surface area contributed by atoms with Crippen molar-refractivity contribution in [3.63, 3.8) is 0 Å². The number of amides is 2. The van der Waals surface area contributed by atoms with E-state index >= 15 is 0 Å². The lowest BCUT2D eigenvalue weighted by Gasteiger charge is -2.31. The number of nitrogens with one attached hydrogen (secondary N) is 1. The second kappa shape index (κ2) is 7.94. The van der Waals surface area contributed by atoms with E-state index in [2.05, 4.69) is 15.5 Å². The fourth-order valence-corrected chi connectivity index (χ4v) is 3.51. The number of rotatable bonds is 4. The average Bonchev–Trinajstić information content (AvgIpc) is 3.38. The van der Waals surface area contributed by atoms with Crippen LogP contribution in [0.3, 0.4) is 0 Å². The first-order valence-electron chi connectivity index (χ1n) is 9.60. The molecule has 9 nitrogen and oxygen atoms in total. The highest BCUT2D eigenvalue weighted by atomic mass is 16.6. The Morgan fingerprint density at radius 1 is 1.34 bits per heavy atom. The number of fused-ring (bicyclic) bond motifs is 1. The zero-order valence-corrected chi connectivity index (χ0v) is 16.3. The van der Waals surface area contributed by atoms with Gasteiger partial charge in [-0.2, -0.15) is 0 Å². The quantitative estimate of drug-likeness (QED) is 0.719. The van der Waals surface area contributed by atoms with Crippen molar-refractivity contribution in [1.29, 1.82) is 0 Å². The molecule has 0 bridgehead atoms. The van der Waals surface area contributed by atoms with Gasteiger partial charge in [-0.3, -0.25) is 4.79 Å². The van der Waals surface area contributed by atoms with E-state index in [9.17, 15) is 9.59 Å². The second-order valence-corrected chi connectivity index (χ2v) is 6.91. The highest BCUT2D eigenvalue weighted by Gasteiger charge is 2.26. The second-order valence-electron chi connectivity index (χ2n) is 6.91. The van der Waals surface area contributed by atoms with Gasteiger partial charge in [0.2, 0.25) is 0 Å². The molecule has 9 heteroatoms. The number of piperidine rings is 1. The number of likely N-dealkylation sites (tertiary alicyclic amines) is 1. The SMILES string of the molecule is CCOC(=O)N1CCC(NC(=O)c2cc(-c3ccco3)nc3onc(C)c23)CC1. The molecule has 2 amide bonds. The largest absolute Gasteiger partial charge is 0.463 e. The summed E-state index contributed by atoms with van der Waals surface area (Å²) < 4.78 is 15.7. The zero-order chi connectivity index (χ0) is 20.4. The Hall–Kier alpha value is -3.36. The number of pyridine rings is 1. The van der Waals surface area contributed by atoms with Gasteiger partial charge in [0.1, 0.15) is 5.69 Å². The maximum absolute atomic E-state index is 13.1. The molecule has 0 unspecified atom stereocenters. The third-order valence-electron chi connectivity index (χ3n) is 4.99. The van der Waals surface area contributed by atoms with Crippen LogP contribution in [0.1, 0.15) is 35.8 Å². The first-order chi connectivity index (χ1) is 14.1. The van der Waals surface area contributed by atoms with E-state index in [1.54, 1.807) is 43.2 Å². The molecule has 4 rings (SSSR count). The monoisotopic (exact) mass is 398 g/mol. The van der Waals surface area contributed by atoms with Gasteiger partial charge in [-0.15, -0.1) is 0 Å². The number of ether oxygens (including phenoxy) is 1. The molecule has 1 N–H and O–H groups in total. The van der Waals surface area contributed by atoms with E-state index in [0.29, 0.717) is 66.3 Å². The Bertz CT molecular complexity index is 1020. The lowest BCUT2D eigenvalue weighted by Crippen LogP contribution is -2.46. The molecule has 3 aromatic heterocycles. The van der Waals surface area contributed by atoms with Gasteiger partial charge in [0.25, 0.3) is 11.6 Å². The number of nitrogens with zero attached hydrogens (tertiary/aromatic N) is 3. The summed E-state index contributed by atoms with van der Waals surface area (Å²) in [5, 5.41) is 7.60. The van der Waals surface area contributed by atoms with E-state index in [1.165, 1.54) is 0 Å². The van der Waals surface area contributed by atoms with Crippen LogP contribution >= 0.6 is 0 Å². The number of hydrogen-bond donors (Lipinski definition) is 1. The van der Waals surface area contributed by atoms with Crippen LogP contribution in [-0.4, -0.2) is 52.8 Å². The Kier molecular flexibility index (Phi) is 5.20. The summed E-state index contributed by atoms with van der Waals surface area (Å²) in [6.45, 7) is 4.99. The number of aromatic nitrogens is 2. The Balaban J connectivity index is 1.53.